The maximum Gasteiger partial charge on any atom is 0.254 e. The van der Waals surface area contributed by atoms with E-state index >= 15 is 0 Å². The largest absolute Gasteiger partial charge is 0.391 e. The van der Waals surface area contributed by atoms with Gasteiger partial charge in [-0.25, -0.2) is 0 Å². The molecule has 1 N–H and O–H groups in total. The van der Waals surface area contributed by atoms with Crippen molar-refractivity contribution < 1.29 is 9.90 Å². The lowest BCUT2D eigenvalue weighted by atomic mass is 9.91. The van der Waals surface area contributed by atoms with E-state index in [1.54, 1.807) is 0 Å². The van der Waals surface area contributed by atoms with Crippen molar-refractivity contribution in [3.63, 3.8) is 0 Å². The Hall–Kier alpha value is -1.91. The predicted octanol–water partition coefficient (Wildman–Crippen LogP) is 4.33. The van der Waals surface area contributed by atoms with Gasteiger partial charge in [-0.3, -0.25) is 9.69 Å². The Labute approximate surface area is 173 Å². The number of fused-ring (bicyclic) bond motifs is 3. The minimum Gasteiger partial charge on any atom is -0.391 e. The number of hydrogen-bond donors (Lipinski definition) is 1. The van der Waals surface area contributed by atoms with Gasteiger partial charge < -0.3 is 10.0 Å². The summed E-state index contributed by atoms with van der Waals surface area (Å²) >= 11 is 0. The molecule has 0 bridgehead atoms. The molecule has 0 spiro atoms. The van der Waals surface area contributed by atoms with Crippen LogP contribution in [-0.2, 0) is 13.1 Å². The fourth-order valence-electron chi connectivity index (χ4n) is 5.79. The quantitative estimate of drug-likeness (QED) is 0.845. The molecule has 2 aromatic carbocycles. The van der Waals surface area contributed by atoms with Crippen molar-refractivity contribution in [3.05, 3.63) is 47.0 Å². The number of rotatable bonds is 3. The third-order valence-corrected chi connectivity index (χ3v) is 7.29. The van der Waals surface area contributed by atoms with Crippen molar-refractivity contribution in [1.29, 1.82) is 0 Å². The number of carbonyl (C=O) groups is 1. The van der Waals surface area contributed by atoms with Gasteiger partial charge in [0.25, 0.3) is 5.91 Å². The zero-order valence-corrected chi connectivity index (χ0v) is 17.4. The van der Waals surface area contributed by atoms with Crippen LogP contribution >= 0.6 is 0 Å². The van der Waals surface area contributed by atoms with Crippen LogP contribution in [-0.4, -0.2) is 46.0 Å². The summed E-state index contributed by atoms with van der Waals surface area (Å²) in [5.74, 6) is 0.860. The first-order chi connectivity index (χ1) is 14.1. The van der Waals surface area contributed by atoms with Crippen LogP contribution in [0.25, 0.3) is 10.8 Å². The Morgan fingerprint density at radius 3 is 2.66 bits per heavy atom. The number of nitrogens with zero attached hydrogens (tertiary/aromatic N) is 2. The van der Waals surface area contributed by atoms with E-state index in [4.69, 9.17) is 0 Å². The van der Waals surface area contributed by atoms with Crippen molar-refractivity contribution >= 4 is 16.7 Å². The van der Waals surface area contributed by atoms with Crippen LogP contribution in [0.5, 0.6) is 0 Å². The Kier molecular flexibility index (Phi) is 5.09. The number of aliphatic hydroxyl groups is 1. The molecule has 1 saturated heterocycles. The molecule has 3 unspecified atom stereocenters. The molecule has 5 rings (SSSR count). The zero-order valence-electron chi connectivity index (χ0n) is 17.4. The van der Waals surface area contributed by atoms with E-state index < -0.39 is 0 Å². The topological polar surface area (TPSA) is 43.8 Å². The Morgan fingerprint density at radius 1 is 1.07 bits per heavy atom. The highest BCUT2D eigenvalue weighted by Crippen LogP contribution is 2.37. The second-order valence-corrected chi connectivity index (χ2v) is 9.44. The Balaban J connectivity index is 1.51. The van der Waals surface area contributed by atoms with Gasteiger partial charge in [-0.2, -0.15) is 0 Å². The van der Waals surface area contributed by atoms with E-state index in [1.807, 2.05) is 4.90 Å². The van der Waals surface area contributed by atoms with Crippen molar-refractivity contribution in [2.24, 2.45) is 5.92 Å². The van der Waals surface area contributed by atoms with E-state index in [0.717, 1.165) is 62.4 Å². The van der Waals surface area contributed by atoms with Crippen LogP contribution in [0.1, 0.15) is 66.9 Å². The standard InChI is InChI=1S/C25H32N2O2/c1-17-7-6-12-26(14-17)15-18-13-21-22(20-9-3-2-8-19(18)20)16-27(25(21)29)23-10-4-5-11-24(23)28/h2-3,8-9,13,17,23-24,28H,4-7,10-12,14-16H2,1H3. The molecule has 3 aliphatic rings. The molecule has 1 saturated carbocycles. The summed E-state index contributed by atoms with van der Waals surface area (Å²) in [6, 6.07) is 10.7. The summed E-state index contributed by atoms with van der Waals surface area (Å²) in [4.78, 5) is 17.9. The van der Waals surface area contributed by atoms with Gasteiger partial charge in [-0.15, -0.1) is 0 Å². The fourth-order valence-corrected chi connectivity index (χ4v) is 5.79. The van der Waals surface area contributed by atoms with E-state index in [-0.39, 0.29) is 18.1 Å². The molecule has 1 aliphatic carbocycles. The second-order valence-electron chi connectivity index (χ2n) is 9.44. The summed E-state index contributed by atoms with van der Waals surface area (Å²) in [6.07, 6.45) is 6.08. The molecule has 2 aliphatic heterocycles. The third-order valence-electron chi connectivity index (χ3n) is 7.29. The van der Waals surface area contributed by atoms with E-state index in [2.05, 4.69) is 42.2 Å². The summed E-state index contributed by atoms with van der Waals surface area (Å²) in [7, 11) is 0. The highest BCUT2D eigenvalue weighted by molar-refractivity contribution is 6.05. The molecule has 3 atom stereocenters. The lowest BCUT2D eigenvalue weighted by molar-refractivity contribution is 0.0192. The van der Waals surface area contributed by atoms with Gasteiger partial charge in [0, 0.05) is 25.2 Å². The first-order valence-corrected chi connectivity index (χ1v) is 11.4. The van der Waals surface area contributed by atoms with Gasteiger partial charge in [0.15, 0.2) is 0 Å². The molecule has 29 heavy (non-hydrogen) atoms. The first-order valence-electron chi connectivity index (χ1n) is 11.4. The number of benzene rings is 2. The van der Waals surface area contributed by atoms with Crippen molar-refractivity contribution in [3.8, 4) is 0 Å². The van der Waals surface area contributed by atoms with Crippen molar-refractivity contribution in [1.82, 2.24) is 9.80 Å². The van der Waals surface area contributed by atoms with Crippen LogP contribution in [0.3, 0.4) is 0 Å². The van der Waals surface area contributed by atoms with Gasteiger partial charge in [-0.05, 0) is 66.1 Å². The molecule has 1 amide bonds. The number of amides is 1. The average molecular weight is 393 g/mol. The summed E-state index contributed by atoms with van der Waals surface area (Å²) in [5, 5.41) is 13.0. The zero-order chi connectivity index (χ0) is 20.0. The first kappa shape index (κ1) is 19.1. The maximum atomic E-state index is 13.4. The monoisotopic (exact) mass is 392 g/mol. The minimum absolute atomic E-state index is 0.0335. The molecule has 154 valence electrons. The van der Waals surface area contributed by atoms with E-state index in [0.29, 0.717) is 6.54 Å². The molecule has 4 heteroatoms. The molecule has 4 nitrogen and oxygen atoms in total. The number of piperidine rings is 1. The van der Waals surface area contributed by atoms with Gasteiger partial charge >= 0.3 is 0 Å². The molecule has 2 heterocycles. The number of aliphatic hydroxyl groups excluding tert-OH is 1. The minimum atomic E-state index is -0.386. The molecular formula is C25H32N2O2. The molecule has 0 aromatic heterocycles. The highest BCUT2D eigenvalue weighted by Gasteiger charge is 2.38. The summed E-state index contributed by atoms with van der Waals surface area (Å²) in [6.45, 7) is 6.17. The smallest absolute Gasteiger partial charge is 0.254 e. The van der Waals surface area contributed by atoms with Crippen LogP contribution in [0.15, 0.2) is 30.3 Å². The maximum absolute atomic E-state index is 13.4. The van der Waals surface area contributed by atoms with Gasteiger partial charge in [-0.1, -0.05) is 44.0 Å². The Bertz CT molecular complexity index is 924. The number of likely N-dealkylation sites (tertiary alicyclic amines) is 1. The van der Waals surface area contributed by atoms with Crippen molar-refractivity contribution in [2.75, 3.05) is 13.1 Å². The second kappa shape index (κ2) is 7.73. The summed E-state index contributed by atoms with van der Waals surface area (Å²) in [5.41, 5.74) is 3.29. The predicted molar refractivity (Wildman–Crippen MR) is 116 cm³/mol. The van der Waals surface area contributed by atoms with Crippen LogP contribution < -0.4 is 0 Å². The molecule has 2 aromatic rings. The number of carbonyl (C=O) groups excluding carboxylic acids is 1. The van der Waals surface area contributed by atoms with Crippen LogP contribution in [0, 0.1) is 5.92 Å². The van der Waals surface area contributed by atoms with E-state index in [1.165, 1.54) is 29.2 Å². The SMILES string of the molecule is CC1CCCN(Cc2cc3c(c4ccccc24)CN(C2CCCCC2O)C3=O)C1. The summed E-state index contributed by atoms with van der Waals surface area (Å²) < 4.78 is 0. The number of hydrogen-bond acceptors (Lipinski definition) is 3. The molecular weight excluding hydrogens is 360 g/mol. The van der Waals surface area contributed by atoms with Gasteiger partial charge in [0.1, 0.15) is 0 Å². The normalized spacial score (nSPS) is 28.1. The lowest BCUT2D eigenvalue weighted by Gasteiger charge is -2.35. The van der Waals surface area contributed by atoms with Gasteiger partial charge in [0.05, 0.1) is 12.1 Å². The van der Waals surface area contributed by atoms with Gasteiger partial charge in [0.2, 0.25) is 0 Å². The molecule has 2 fully saturated rings. The van der Waals surface area contributed by atoms with Crippen LogP contribution in [0.2, 0.25) is 0 Å². The van der Waals surface area contributed by atoms with Crippen molar-refractivity contribution in [2.45, 2.75) is 70.7 Å². The average Bonchev–Trinajstić information content (AvgIpc) is 3.05. The third kappa shape index (κ3) is 3.47. The van der Waals surface area contributed by atoms with E-state index in [9.17, 15) is 9.90 Å². The molecule has 0 radical (unpaired) electrons. The Morgan fingerprint density at radius 2 is 1.86 bits per heavy atom. The fraction of sp³-hybridized carbons (Fsp3) is 0.560. The highest BCUT2D eigenvalue weighted by atomic mass is 16.3. The lowest BCUT2D eigenvalue weighted by Crippen LogP contribution is -2.45. The van der Waals surface area contributed by atoms with Crippen LogP contribution in [0.4, 0.5) is 0 Å².